The number of rotatable bonds is 8. The van der Waals surface area contributed by atoms with E-state index in [4.69, 9.17) is 0 Å². The van der Waals surface area contributed by atoms with Crippen LogP contribution in [0.15, 0.2) is 23.1 Å². The first-order valence-electron chi connectivity index (χ1n) is 6.89. The quantitative estimate of drug-likeness (QED) is 0.773. The first kappa shape index (κ1) is 18.0. The number of benzene rings is 1. The average molecular weight is 320 g/mol. The van der Waals surface area contributed by atoms with Gasteiger partial charge in [0.2, 0.25) is 10.0 Å². The van der Waals surface area contributed by atoms with Crippen LogP contribution < -0.4 is 10.0 Å². The van der Waals surface area contributed by atoms with Crippen molar-refractivity contribution in [3.8, 4) is 0 Å². The molecule has 0 heterocycles. The summed E-state index contributed by atoms with van der Waals surface area (Å²) in [6, 6.07) is 4.99. The summed E-state index contributed by atoms with van der Waals surface area (Å²) in [5.41, 5.74) is 1.90. The normalized spacial score (nSPS) is 12.3. The van der Waals surface area contributed by atoms with Crippen molar-refractivity contribution in [2.75, 3.05) is 6.54 Å². The molecule has 0 aromatic heterocycles. The van der Waals surface area contributed by atoms with Crippen LogP contribution in [0.1, 0.15) is 31.9 Å². The van der Waals surface area contributed by atoms with Gasteiger partial charge in [-0.15, -0.1) is 0 Å². The van der Waals surface area contributed by atoms with E-state index in [1.807, 2.05) is 25.5 Å². The lowest BCUT2D eigenvalue weighted by molar-refractivity contribution is 0.153. The van der Waals surface area contributed by atoms with E-state index in [0.717, 1.165) is 17.5 Å². The van der Waals surface area contributed by atoms with Crippen molar-refractivity contribution >= 4 is 10.0 Å². The fraction of sp³-hybridized carbons (Fsp3) is 0.571. The Labute approximate surface area is 125 Å². The zero-order chi connectivity index (χ0) is 16.0. The van der Waals surface area contributed by atoms with Gasteiger partial charge in [0.25, 0.3) is 6.43 Å². The molecule has 0 fully saturated rings. The minimum Gasteiger partial charge on any atom is -0.310 e. The van der Waals surface area contributed by atoms with Crippen LogP contribution in [0.3, 0.4) is 0 Å². The Hall–Kier alpha value is -1.05. The van der Waals surface area contributed by atoms with Gasteiger partial charge < -0.3 is 5.32 Å². The molecule has 7 heteroatoms. The van der Waals surface area contributed by atoms with Crippen molar-refractivity contribution in [1.82, 2.24) is 10.0 Å². The molecule has 0 saturated carbocycles. The predicted octanol–water partition coefficient (Wildman–Crippen LogP) is 2.29. The summed E-state index contributed by atoms with van der Waals surface area (Å²) in [5.74, 6) is 0. The minimum absolute atomic E-state index is 0.0147. The van der Waals surface area contributed by atoms with Crippen LogP contribution >= 0.6 is 0 Å². The van der Waals surface area contributed by atoms with Gasteiger partial charge in [0.05, 0.1) is 11.4 Å². The van der Waals surface area contributed by atoms with Gasteiger partial charge in [-0.25, -0.2) is 21.9 Å². The van der Waals surface area contributed by atoms with Gasteiger partial charge >= 0.3 is 0 Å². The van der Waals surface area contributed by atoms with Crippen molar-refractivity contribution in [2.45, 2.75) is 51.1 Å². The Kier molecular flexibility index (Phi) is 6.70. The molecule has 0 aliphatic rings. The van der Waals surface area contributed by atoms with E-state index in [-0.39, 0.29) is 10.9 Å². The van der Waals surface area contributed by atoms with Gasteiger partial charge in [-0.05, 0) is 29.7 Å². The zero-order valence-corrected chi connectivity index (χ0v) is 13.3. The Morgan fingerprint density at radius 2 is 1.86 bits per heavy atom. The molecule has 1 aromatic rings. The molecule has 0 atom stereocenters. The van der Waals surface area contributed by atoms with E-state index in [1.54, 1.807) is 12.1 Å². The van der Waals surface area contributed by atoms with Gasteiger partial charge in [0.15, 0.2) is 0 Å². The Balaban J connectivity index is 3.00. The van der Waals surface area contributed by atoms with Crippen molar-refractivity contribution in [3.05, 3.63) is 29.3 Å². The van der Waals surface area contributed by atoms with E-state index in [1.165, 1.54) is 6.07 Å². The fourth-order valence-electron chi connectivity index (χ4n) is 1.85. The van der Waals surface area contributed by atoms with Crippen LogP contribution in [-0.4, -0.2) is 27.4 Å². The van der Waals surface area contributed by atoms with Crippen LogP contribution in [0.4, 0.5) is 8.78 Å². The van der Waals surface area contributed by atoms with Crippen LogP contribution in [0.25, 0.3) is 0 Å². The highest BCUT2D eigenvalue weighted by atomic mass is 32.2. The predicted molar refractivity (Wildman–Crippen MR) is 79.0 cm³/mol. The van der Waals surface area contributed by atoms with Gasteiger partial charge in [-0.3, -0.25) is 0 Å². The first-order chi connectivity index (χ1) is 9.76. The monoisotopic (exact) mass is 320 g/mol. The topological polar surface area (TPSA) is 58.2 Å². The second-order valence-electron chi connectivity index (χ2n) is 5.06. The summed E-state index contributed by atoms with van der Waals surface area (Å²) in [6.45, 7) is 5.64. The molecular formula is C14H22F2N2O2S. The highest BCUT2D eigenvalue weighted by Gasteiger charge is 2.17. The van der Waals surface area contributed by atoms with E-state index in [9.17, 15) is 17.2 Å². The lowest BCUT2D eigenvalue weighted by atomic mass is 10.1. The maximum absolute atomic E-state index is 12.2. The molecule has 2 N–H and O–H groups in total. The Morgan fingerprint density at radius 1 is 1.19 bits per heavy atom. The number of alkyl halides is 2. The molecule has 1 rings (SSSR count). The number of aryl methyl sites for hydroxylation is 1. The highest BCUT2D eigenvalue weighted by Crippen LogP contribution is 2.17. The zero-order valence-electron chi connectivity index (χ0n) is 12.5. The third-order valence-electron chi connectivity index (χ3n) is 3.00. The Bertz CT molecular complexity index is 560. The average Bonchev–Trinajstić information content (AvgIpc) is 2.42. The van der Waals surface area contributed by atoms with E-state index >= 15 is 0 Å². The maximum Gasteiger partial charge on any atom is 0.251 e. The number of hydrogen-bond donors (Lipinski definition) is 2. The third kappa shape index (κ3) is 5.68. The lowest BCUT2D eigenvalue weighted by Crippen LogP contribution is -2.29. The maximum atomic E-state index is 12.2. The van der Waals surface area contributed by atoms with Crippen molar-refractivity contribution in [1.29, 1.82) is 0 Å². The van der Waals surface area contributed by atoms with E-state index < -0.39 is 23.0 Å². The molecular weight excluding hydrogens is 298 g/mol. The molecule has 0 bridgehead atoms. The summed E-state index contributed by atoms with van der Waals surface area (Å²) in [4.78, 5) is 0.0147. The second-order valence-corrected chi connectivity index (χ2v) is 6.83. The summed E-state index contributed by atoms with van der Waals surface area (Å²) < 4.78 is 50.1. The molecule has 1 aromatic carbocycles. The van der Waals surface area contributed by atoms with Gasteiger partial charge in [0, 0.05) is 12.6 Å². The molecule has 0 spiro atoms. The highest BCUT2D eigenvalue weighted by molar-refractivity contribution is 7.89. The number of nitrogens with one attached hydrogen (secondary N) is 2. The van der Waals surface area contributed by atoms with E-state index in [0.29, 0.717) is 6.54 Å². The van der Waals surface area contributed by atoms with Crippen molar-refractivity contribution in [3.63, 3.8) is 0 Å². The number of halogens is 2. The third-order valence-corrected chi connectivity index (χ3v) is 4.42. The van der Waals surface area contributed by atoms with Crippen LogP contribution in [-0.2, 0) is 23.0 Å². The second kappa shape index (κ2) is 7.82. The summed E-state index contributed by atoms with van der Waals surface area (Å²) in [7, 11) is -3.90. The van der Waals surface area contributed by atoms with Crippen molar-refractivity contribution in [2.24, 2.45) is 0 Å². The molecule has 0 saturated heterocycles. The minimum atomic E-state index is -3.90. The standard InChI is InChI=1S/C14H22F2N2O2S/c1-4-11-5-6-13(7-12(11)8-17-10(2)3)21(19,20)18-9-14(15)16/h5-7,10,14,17-18H,4,8-9H2,1-3H3. The van der Waals surface area contributed by atoms with Gasteiger partial charge in [0.1, 0.15) is 0 Å². The van der Waals surface area contributed by atoms with E-state index in [2.05, 4.69) is 5.32 Å². The molecule has 0 aliphatic heterocycles. The molecule has 0 aliphatic carbocycles. The lowest BCUT2D eigenvalue weighted by Gasteiger charge is -2.14. The molecule has 120 valence electrons. The number of sulfonamides is 1. The fourth-order valence-corrected chi connectivity index (χ4v) is 2.91. The summed E-state index contributed by atoms with van der Waals surface area (Å²) >= 11 is 0. The molecule has 0 radical (unpaired) electrons. The smallest absolute Gasteiger partial charge is 0.251 e. The summed E-state index contributed by atoms with van der Waals surface area (Å²) in [5, 5.41) is 3.23. The molecule has 4 nitrogen and oxygen atoms in total. The van der Waals surface area contributed by atoms with Crippen LogP contribution in [0.2, 0.25) is 0 Å². The number of hydrogen-bond acceptors (Lipinski definition) is 3. The molecule has 21 heavy (non-hydrogen) atoms. The van der Waals surface area contributed by atoms with Crippen molar-refractivity contribution < 1.29 is 17.2 Å². The largest absolute Gasteiger partial charge is 0.310 e. The first-order valence-corrected chi connectivity index (χ1v) is 8.37. The van der Waals surface area contributed by atoms with Crippen LogP contribution in [0.5, 0.6) is 0 Å². The SMILES string of the molecule is CCc1ccc(S(=O)(=O)NCC(F)F)cc1CNC(C)C. The molecule has 0 amide bonds. The van der Waals surface area contributed by atoms with Gasteiger partial charge in [-0.2, -0.15) is 0 Å². The summed E-state index contributed by atoms with van der Waals surface area (Å²) in [6.07, 6.45) is -1.93. The van der Waals surface area contributed by atoms with Crippen LogP contribution in [0, 0.1) is 0 Å². The molecule has 0 unspecified atom stereocenters. The Morgan fingerprint density at radius 3 is 2.38 bits per heavy atom. The van der Waals surface area contributed by atoms with Gasteiger partial charge in [-0.1, -0.05) is 26.8 Å².